The normalized spacial score (nSPS) is 22.4. The molecule has 1 fully saturated rings. The summed E-state index contributed by atoms with van der Waals surface area (Å²) in [5.74, 6) is 1.65. The summed E-state index contributed by atoms with van der Waals surface area (Å²) in [5.41, 5.74) is 4.35. The minimum atomic E-state index is 0.478. The van der Waals surface area contributed by atoms with Gasteiger partial charge in [-0.05, 0) is 24.6 Å². The van der Waals surface area contributed by atoms with Crippen LogP contribution in [0.4, 0.5) is 0 Å². The Morgan fingerprint density at radius 1 is 0.857 bits per heavy atom. The molecule has 0 saturated heterocycles. The first-order chi connectivity index (χ1) is 10.4. The van der Waals surface area contributed by atoms with Crippen LogP contribution in [0.3, 0.4) is 0 Å². The molecule has 21 heavy (non-hydrogen) atoms. The molecule has 1 saturated carbocycles. The highest BCUT2D eigenvalue weighted by molar-refractivity contribution is 6.80. The summed E-state index contributed by atoms with van der Waals surface area (Å²) in [6.07, 6.45) is 9.74. The molecular formula is C20H19B. The van der Waals surface area contributed by atoms with Crippen LogP contribution >= 0.6 is 0 Å². The molecule has 2 aliphatic carbocycles. The first kappa shape index (κ1) is 12.7. The van der Waals surface area contributed by atoms with Gasteiger partial charge in [-0.2, -0.15) is 0 Å². The van der Waals surface area contributed by atoms with Crippen molar-refractivity contribution in [3.8, 4) is 0 Å². The molecule has 0 radical (unpaired) electrons. The molecule has 0 heterocycles. The number of benzene rings is 2. The van der Waals surface area contributed by atoms with Gasteiger partial charge in [0.1, 0.15) is 0 Å². The third-order valence-corrected chi connectivity index (χ3v) is 4.72. The Bertz CT molecular complexity index is 669. The molecule has 0 spiro atoms. The molecule has 0 N–H and O–H groups in total. The molecule has 0 amide bonds. The summed E-state index contributed by atoms with van der Waals surface area (Å²) < 4.78 is 0. The Labute approximate surface area is 127 Å². The van der Waals surface area contributed by atoms with Crippen LogP contribution in [-0.4, -0.2) is 6.71 Å². The van der Waals surface area contributed by atoms with Crippen LogP contribution in [0.2, 0.25) is 0 Å². The van der Waals surface area contributed by atoms with E-state index in [1.807, 2.05) is 0 Å². The van der Waals surface area contributed by atoms with Crippen LogP contribution in [0.1, 0.15) is 12.0 Å². The number of hydrogen-bond donors (Lipinski definition) is 0. The molecule has 2 unspecified atom stereocenters. The Hall–Kier alpha value is -2.02. The van der Waals surface area contributed by atoms with E-state index in [4.69, 9.17) is 0 Å². The molecule has 1 heteroatoms. The van der Waals surface area contributed by atoms with Gasteiger partial charge in [-0.3, -0.25) is 0 Å². The standard InChI is InChI=1S/C20H19B/c1-3-7-16(8-4-1)15-21(19-9-5-2-6-10-19)20-12-11-17-13-18(17)14-20/h1-12,14,17-18H,13,15H2. The maximum absolute atomic E-state index is 2.52. The van der Waals surface area contributed by atoms with Gasteiger partial charge in [0, 0.05) is 0 Å². The third kappa shape index (κ3) is 2.74. The van der Waals surface area contributed by atoms with Gasteiger partial charge in [0.05, 0.1) is 0 Å². The molecule has 4 rings (SSSR count). The number of hydrogen-bond acceptors (Lipinski definition) is 0. The molecule has 2 aromatic rings. The van der Waals surface area contributed by atoms with Gasteiger partial charge in [0.2, 0.25) is 6.71 Å². The van der Waals surface area contributed by atoms with Crippen molar-refractivity contribution in [3.05, 3.63) is 89.9 Å². The lowest BCUT2D eigenvalue weighted by atomic mass is 9.37. The highest BCUT2D eigenvalue weighted by Crippen LogP contribution is 2.44. The van der Waals surface area contributed by atoms with Gasteiger partial charge >= 0.3 is 0 Å². The summed E-state index contributed by atoms with van der Waals surface area (Å²) >= 11 is 0. The fraction of sp³-hybridized carbons (Fsp3) is 0.200. The van der Waals surface area contributed by atoms with Crippen LogP contribution in [-0.2, 0) is 6.32 Å². The smallest absolute Gasteiger partial charge is 0.0859 e. The van der Waals surface area contributed by atoms with Crippen molar-refractivity contribution < 1.29 is 0 Å². The van der Waals surface area contributed by atoms with E-state index in [0.29, 0.717) is 6.71 Å². The van der Waals surface area contributed by atoms with Gasteiger partial charge < -0.3 is 0 Å². The van der Waals surface area contributed by atoms with Crippen molar-refractivity contribution in [2.24, 2.45) is 11.8 Å². The van der Waals surface area contributed by atoms with Crippen molar-refractivity contribution in [2.45, 2.75) is 12.7 Å². The highest BCUT2D eigenvalue weighted by Gasteiger charge is 2.36. The van der Waals surface area contributed by atoms with Crippen LogP contribution in [0.5, 0.6) is 0 Å². The topological polar surface area (TPSA) is 0 Å². The Morgan fingerprint density at radius 2 is 1.57 bits per heavy atom. The summed E-state index contributed by atoms with van der Waals surface area (Å²) in [5, 5.41) is 0. The zero-order valence-corrected chi connectivity index (χ0v) is 12.2. The maximum Gasteiger partial charge on any atom is 0.213 e. The summed E-state index contributed by atoms with van der Waals surface area (Å²) in [4.78, 5) is 0. The van der Waals surface area contributed by atoms with E-state index < -0.39 is 0 Å². The maximum atomic E-state index is 2.52. The van der Waals surface area contributed by atoms with E-state index in [9.17, 15) is 0 Å². The lowest BCUT2D eigenvalue weighted by molar-refractivity contribution is 0.975. The Balaban J connectivity index is 1.67. The summed E-state index contributed by atoms with van der Waals surface area (Å²) in [6, 6.07) is 21.8. The van der Waals surface area contributed by atoms with Gasteiger partial charge in [0.25, 0.3) is 0 Å². The second kappa shape index (κ2) is 5.40. The Kier molecular flexibility index (Phi) is 3.27. The van der Waals surface area contributed by atoms with Gasteiger partial charge in [-0.15, -0.1) is 0 Å². The van der Waals surface area contributed by atoms with Crippen molar-refractivity contribution >= 4 is 12.2 Å². The average molecular weight is 270 g/mol. The molecule has 0 aromatic heterocycles. The summed E-state index contributed by atoms with van der Waals surface area (Å²) in [6.45, 7) is 0.478. The van der Waals surface area contributed by atoms with Crippen molar-refractivity contribution in [1.29, 1.82) is 0 Å². The minimum Gasteiger partial charge on any atom is -0.0859 e. The first-order valence-corrected chi connectivity index (χ1v) is 7.89. The van der Waals surface area contributed by atoms with E-state index in [0.717, 1.165) is 18.2 Å². The number of rotatable bonds is 4. The molecule has 2 atom stereocenters. The molecule has 0 aliphatic heterocycles. The van der Waals surface area contributed by atoms with Crippen molar-refractivity contribution in [3.63, 3.8) is 0 Å². The van der Waals surface area contributed by atoms with Crippen molar-refractivity contribution in [2.75, 3.05) is 0 Å². The van der Waals surface area contributed by atoms with E-state index >= 15 is 0 Å². The largest absolute Gasteiger partial charge is 0.213 e. The van der Waals surface area contributed by atoms with E-state index in [1.165, 1.54) is 22.9 Å². The Morgan fingerprint density at radius 3 is 2.29 bits per heavy atom. The fourth-order valence-electron chi connectivity index (χ4n) is 3.38. The molecular weight excluding hydrogens is 251 g/mol. The fourth-order valence-corrected chi connectivity index (χ4v) is 3.38. The quantitative estimate of drug-likeness (QED) is 0.740. The summed E-state index contributed by atoms with van der Waals surface area (Å²) in [7, 11) is 0. The van der Waals surface area contributed by atoms with Gasteiger partial charge in [-0.1, -0.05) is 95.4 Å². The van der Waals surface area contributed by atoms with Crippen LogP contribution in [0, 0.1) is 11.8 Å². The van der Waals surface area contributed by atoms with Crippen LogP contribution in [0.25, 0.3) is 0 Å². The minimum absolute atomic E-state index is 0.478. The van der Waals surface area contributed by atoms with Crippen LogP contribution in [0.15, 0.2) is 84.4 Å². The second-order valence-corrected chi connectivity index (χ2v) is 6.24. The van der Waals surface area contributed by atoms with Gasteiger partial charge in [-0.25, -0.2) is 0 Å². The lowest BCUT2D eigenvalue weighted by Crippen LogP contribution is -2.35. The van der Waals surface area contributed by atoms with Gasteiger partial charge in [0.15, 0.2) is 0 Å². The molecule has 2 aromatic carbocycles. The molecule has 102 valence electrons. The van der Waals surface area contributed by atoms with E-state index in [2.05, 4.69) is 78.9 Å². The third-order valence-electron chi connectivity index (χ3n) is 4.72. The highest BCUT2D eigenvalue weighted by atomic mass is 14.4. The predicted octanol–water partition coefficient (Wildman–Crippen LogP) is 3.84. The zero-order valence-electron chi connectivity index (χ0n) is 12.2. The molecule has 0 bridgehead atoms. The zero-order chi connectivity index (χ0) is 14.1. The monoisotopic (exact) mass is 270 g/mol. The predicted molar refractivity (Wildman–Crippen MR) is 90.8 cm³/mol. The van der Waals surface area contributed by atoms with E-state index in [1.54, 1.807) is 0 Å². The number of fused-ring (bicyclic) bond motifs is 1. The van der Waals surface area contributed by atoms with E-state index in [-0.39, 0.29) is 0 Å². The molecule has 2 aliphatic rings. The lowest BCUT2D eigenvalue weighted by Gasteiger charge is -2.18. The molecule has 0 nitrogen and oxygen atoms in total. The number of allylic oxidation sites excluding steroid dienone is 4. The second-order valence-electron chi connectivity index (χ2n) is 6.24. The average Bonchev–Trinajstić information content (AvgIpc) is 3.33. The first-order valence-electron chi connectivity index (χ1n) is 7.89. The van der Waals surface area contributed by atoms with Crippen molar-refractivity contribution in [1.82, 2.24) is 0 Å². The van der Waals surface area contributed by atoms with Crippen LogP contribution < -0.4 is 5.46 Å². The SMILES string of the molecule is C1=CC2CC2C=C1B(Cc1ccccc1)c1ccccc1.